The number of nitrogens with zero attached hydrogens (tertiary/aromatic N) is 3. The Morgan fingerprint density at radius 1 is 1.31 bits per heavy atom. The molecule has 3 aromatic rings. The quantitative estimate of drug-likeness (QED) is 0.557. The molecule has 3 aromatic heterocycles. The molecule has 136 valence electrons. The van der Waals surface area contributed by atoms with Gasteiger partial charge in [0.1, 0.15) is 11.2 Å². The number of pyridine rings is 1. The van der Waals surface area contributed by atoms with Gasteiger partial charge in [0.05, 0.1) is 6.20 Å². The predicted octanol–water partition coefficient (Wildman–Crippen LogP) is 1.28. The van der Waals surface area contributed by atoms with Crippen LogP contribution in [0.2, 0.25) is 0 Å². The topological polar surface area (TPSA) is 129 Å². The van der Waals surface area contributed by atoms with Crippen molar-refractivity contribution >= 4 is 22.8 Å². The van der Waals surface area contributed by atoms with E-state index in [-0.39, 0.29) is 35.8 Å². The molecule has 1 aliphatic rings. The number of aromatic nitrogens is 5. The van der Waals surface area contributed by atoms with Crippen molar-refractivity contribution in [3.63, 3.8) is 0 Å². The van der Waals surface area contributed by atoms with Crippen molar-refractivity contribution in [2.24, 2.45) is 5.92 Å². The number of hydrogen-bond acceptors (Lipinski definition) is 6. The molecule has 0 aromatic carbocycles. The van der Waals surface area contributed by atoms with Gasteiger partial charge in [0.2, 0.25) is 5.95 Å². The number of rotatable bonds is 4. The van der Waals surface area contributed by atoms with Crippen molar-refractivity contribution in [3.8, 4) is 0 Å². The summed E-state index contributed by atoms with van der Waals surface area (Å²) in [5, 5.41) is 12.6. The summed E-state index contributed by atoms with van der Waals surface area (Å²) in [5.41, 5.74) is 0.793. The molecule has 2 atom stereocenters. The molecule has 1 aliphatic carbocycles. The molecule has 9 nitrogen and oxygen atoms in total. The first-order valence-electron chi connectivity index (χ1n) is 8.70. The van der Waals surface area contributed by atoms with Crippen LogP contribution in [0.5, 0.6) is 0 Å². The van der Waals surface area contributed by atoms with Crippen LogP contribution in [-0.4, -0.2) is 36.2 Å². The van der Waals surface area contributed by atoms with Crippen molar-refractivity contribution in [2.45, 2.75) is 31.7 Å². The van der Waals surface area contributed by atoms with E-state index in [1.54, 1.807) is 22.9 Å². The summed E-state index contributed by atoms with van der Waals surface area (Å²) in [6.07, 6.45) is 6.84. The molecule has 0 radical (unpaired) electrons. The number of hydrogen-bond donors (Lipinski definition) is 4. The lowest BCUT2D eigenvalue weighted by atomic mass is 9.85. The molecule has 0 spiro atoms. The number of anilines is 2. The number of H-pyrrole nitrogens is 2. The van der Waals surface area contributed by atoms with Crippen molar-refractivity contribution in [1.82, 2.24) is 24.5 Å². The minimum Gasteiger partial charge on any atom is -0.396 e. The Morgan fingerprint density at radius 3 is 2.96 bits per heavy atom. The summed E-state index contributed by atoms with van der Waals surface area (Å²) < 4.78 is 1.62. The maximum atomic E-state index is 12.5. The van der Waals surface area contributed by atoms with Crippen LogP contribution in [0, 0.1) is 5.92 Å². The van der Waals surface area contributed by atoms with Crippen molar-refractivity contribution in [3.05, 3.63) is 45.4 Å². The third kappa shape index (κ3) is 2.90. The third-order valence-electron chi connectivity index (χ3n) is 4.96. The van der Waals surface area contributed by atoms with E-state index in [0.29, 0.717) is 16.9 Å². The summed E-state index contributed by atoms with van der Waals surface area (Å²) in [7, 11) is 0. The van der Waals surface area contributed by atoms with Gasteiger partial charge in [-0.25, -0.2) is 9.78 Å². The second-order valence-electron chi connectivity index (χ2n) is 6.56. The highest BCUT2D eigenvalue weighted by atomic mass is 16.3. The van der Waals surface area contributed by atoms with Crippen LogP contribution in [0.4, 0.5) is 11.6 Å². The van der Waals surface area contributed by atoms with Gasteiger partial charge >= 0.3 is 5.69 Å². The molecule has 1 fully saturated rings. The largest absolute Gasteiger partial charge is 0.396 e. The monoisotopic (exact) mass is 356 g/mol. The fourth-order valence-corrected chi connectivity index (χ4v) is 3.67. The van der Waals surface area contributed by atoms with Crippen molar-refractivity contribution in [1.29, 1.82) is 0 Å². The fraction of sp³-hybridized carbons (Fsp3) is 0.412. The first-order chi connectivity index (χ1) is 12.7. The van der Waals surface area contributed by atoms with Gasteiger partial charge < -0.3 is 20.4 Å². The zero-order valence-corrected chi connectivity index (χ0v) is 14.1. The van der Waals surface area contributed by atoms with E-state index in [0.717, 1.165) is 25.7 Å². The second-order valence-corrected chi connectivity index (χ2v) is 6.56. The highest BCUT2D eigenvalue weighted by Crippen LogP contribution is 2.34. The van der Waals surface area contributed by atoms with E-state index in [2.05, 4.69) is 25.3 Å². The molecule has 26 heavy (non-hydrogen) atoms. The van der Waals surface area contributed by atoms with E-state index in [9.17, 15) is 14.7 Å². The van der Waals surface area contributed by atoms with Crippen LogP contribution in [0.3, 0.4) is 0 Å². The first-order valence-corrected chi connectivity index (χ1v) is 8.70. The first kappa shape index (κ1) is 16.5. The van der Waals surface area contributed by atoms with Gasteiger partial charge in [-0.05, 0) is 25.0 Å². The summed E-state index contributed by atoms with van der Waals surface area (Å²) in [4.78, 5) is 38.3. The van der Waals surface area contributed by atoms with Crippen LogP contribution in [0.1, 0.15) is 31.7 Å². The van der Waals surface area contributed by atoms with Gasteiger partial charge in [-0.1, -0.05) is 12.8 Å². The average Bonchev–Trinajstić information content (AvgIpc) is 2.98. The van der Waals surface area contributed by atoms with Gasteiger partial charge in [0.25, 0.3) is 5.56 Å². The Labute approximate surface area is 148 Å². The minimum atomic E-state index is -0.282. The third-order valence-corrected chi connectivity index (χ3v) is 4.96. The van der Waals surface area contributed by atoms with Gasteiger partial charge in [-0.3, -0.25) is 9.36 Å². The van der Waals surface area contributed by atoms with Crippen LogP contribution >= 0.6 is 0 Å². The molecule has 0 saturated heterocycles. The zero-order valence-electron chi connectivity index (χ0n) is 14.1. The maximum Gasteiger partial charge on any atom is 0.327 e. The molecule has 4 N–H and O–H groups in total. The highest BCUT2D eigenvalue weighted by molar-refractivity contribution is 5.72. The lowest BCUT2D eigenvalue weighted by Gasteiger charge is -2.30. The number of aromatic amines is 2. The number of aliphatic hydroxyl groups excluding tert-OH is 1. The Balaban J connectivity index is 1.77. The molecular formula is C17H20N6O3. The summed E-state index contributed by atoms with van der Waals surface area (Å²) in [5.74, 6) is 0.266. The zero-order chi connectivity index (χ0) is 18.1. The molecule has 9 heteroatoms. The Bertz CT molecular complexity index is 1040. The molecule has 0 bridgehead atoms. The Hall–Kier alpha value is -2.94. The van der Waals surface area contributed by atoms with Gasteiger partial charge in [0.15, 0.2) is 5.65 Å². The summed E-state index contributed by atoms with van der Waals surface area (Å²) >= 11 is 0. The number of aliphatic hydroxyl groups is 1. The fourth-order valence-electron chi connectivity index (χ4n) is 3.67. The number of nitrogens with one attached hydrogen (secondary N) is 3. The number of imidazole rings is 1. The number of fused-ring (bicyclic) bond motifs is 1. The van der Waals surface area contributed by atoms with Crippen LogP contribution in [0.15, 0.2) is 34.1 Å². The van der Waals surface area contributed by atoms with E-state index in [4.69, 9.17) is 0 Å². The Kier molecular flexibility index (Phi) is 4.29. The lowest BCUT2D eigenvalue weighted by Crippen LogP contribution is -2.32. The standard InChI is InChI=1S/C17H20N6O3/c24-9-10-4-1-2-6-13(10)23-14-12(21-17(23)26)8-19-16(22-14)20-11-5-3-7-18-15(11)25/h3,5,7-8,10,13,24H,1-2,4,6,9H2,(H,18,25)(H,21,26)(H,19,20,22)/t10-,13-/m1/s1. The minimum absolute atomic E-state index is 0.0313. The van der Waals surface area contributed by atoms with Crippen molar-refractivity contribution < 1.29 is 5.11 Å². The smallest absolute Gasteiger partial charge is 0.327 e. The van der Waals surface area contributed by atoms with E-state index in [1.807, 2.05) is 0 Å². The molecule has 4 rings (SSSR count). The average molecular weight is 356 g/mol. The van der Waals surface area contributed by atoms with E-state index >= 15 is 0 Å². The maximum absolute atomic E-state index is 12.5. The van der Waals surface area contributed by atoms with Gasteiger partial charge in [0, 0.05) is 24.8 Å². The summed E-state index contributed by atoms with van der Waals surface area (Å²) in [6, 6.07) is 3.22. The molecule has 3 heterocycles. The highest BCUT2D eigenvalue weighted by Gasteiger charge is 2.29. The Morgan fingerprint density at radius 2 is 2.15 bits per heavy atom. The van der Waals surface area contributed by atoms with E-state index in [1.165, 1.54) is 6.20 Å². The van der Waals surface area contributed by atoms with Gasteiger partial charge in [-0.2, -0.15) is 4.98 Å². The second kappa shape index (κ2) is 6.75. The molecule has 1 saturated carbocycles. The lowest BCUT2D eigenvalue weighted by molar-refractivity contribution is 0.139. The molecule has 0 aliphatic heterocycles. The summed E-state index contributed by atoms with van der Waals surface area (Å²) in [6.45, 7) is 0.0410. The van der Waals surface area contributed by atoms with Gasteiger partial charge in [-0.15, -0.1) is 0 Å². The molecule has 0 amide bonds. The predicted molar refractivity (Wildman–Crippen MR) is 96.6 cm³/mol. The van der Waals surface area contributed by atoms with E-state index < -0.39 is 0 Å². The van der Waals surface area contributed by atoms with Crippen LogP contribution in [-0.2, 0) is 0 Å². The SMILES string of the molecule is O=c1[nH]cccc1Nc1ncc2[nH]c(=O)n([C@@H]3CCCC[C@@H]3CO)c2n1. The molecule has 0 unspecified atom stereocenters. The van der Waals surface area contributed by atoms with Crippen LogP contribution in [0.25, 0.3) is 11.2 Å². The molecular weight excluding hydrogens is 336 g/mol. The normalized spacial score (nSPS) is 20.3. The van der Waals surface area contributed by atoms with Crippen LogP contribution < -0.4 is 16.6 Å². The van der Waals surface area contributed by atoms with Crippen molar-refractivity contribution in [2.75, 3.05) is 11.9 Å².